The SMILES string of the molecule is COc1ccc(OCC(=O)c2ccc(O[C@@H]3O[C@H](COC(C)=O)[C@@H](OC(C)=O)[C@@H](OC(C)=O)[C@@H]3OC(C)=O)cc2O)cc1. The zero-order valence-corrected chi connectivity index (χ0v) is 24.1. The van der Waals surface area contributed by atoms with E-state index in [2.05, 4.69) is 0 Å². The van der Waals surface area contributed by atoms with Gasteiger partial charge in [-0.05, 0) is 36.4 Å². The van der Waals surface area contributed by atoms with Gasteiger partial charge in [-0.1, -0.05) is 0 Å². The third kappa shape index (κ3) is 9.33. The molecule has 14 heteroatoms. The Morgan fingerprint density at radius 3 is 1.86 bits per heavy atom. The number of benzene rings is 2. The van der Waals surface area contributed by atoms with Gasteiger partial charge in [0.05, 0.1) is 12.7 Å². The maximum Gasteiger partial charge on any atom is 0.303 e. The topological polar surface area (TPSA) is 179 Å². The van der Waals surface area contributed by atoms with Crippen LogP contribution >= 0.6 is 0 Å². The van der Waals surface area contributed by atoms with E-state index in [1.807, 2.05) is 0 Å². The van der Waals surface area contributed by atoms with E-state index < -0.39 is 72.7 Å². The minimum atomic E-state index is -1.51. The van der Waals surface area contributed by atoms with Gasteiger partial charge in [0.2, 0.25) is 18.2 Å². The Balaban J connectivity index is 1.84. The number of rotatable bonds is 12. The van der Waals surface area contributed by atoms with Crippen molar-refractivity contribution in [2.45, 2.75) is 58.4 Å². The lowest BCUT2D eigenvalue weighted by atomic mass is 9.98. The normalized spacial score (nSPS) is 21.1. The average molecular weight is 605 g/mol. The molecule has 1 N–H and O–H groups in total. The van der Waals surface area contributed by atoms with Gasteiger partial charge in [-0.2, -0.15) is 0 Å². The smallest absolute Gasteiger partial charge is 0.303 e. The first-order valence-electron chi connectivity index (χ1n) is 13.0. The van der Waals surface area contributed by atoms with E-state index in [1.165, 1.54) is 19.2 Å². The molecule has 3 rings (SSSR count). The van der Waals surface area contributed by atoms with Gasteiger partial charge in [0.15, 0.2) is 18.8 Å². The molecule has 1 aliphatic rings. The van der Waals surface area contributed by atoms with Crippen molar-refractivity contribution in [1.82, 2.24) is 0 Å². The number of phenols is 1. The highest BCUT2D eigenvalue weighted by molar-refractivity contribution is 5.99. The predicted molar refractivity (Wildman–Crippen MR) is 144 cm³/mol. The zero-order valence-electron chi connectivity index (χ0n) is 24.1. The van der Waals surface area contributed by atoms with Gasteiger partial charge in [0.25, 0.3) is 0 Å². The number of Topliss-reactive ketones (excluding diaryl/α,β-unsaturated/α-hetero) is 1. The molecule has 1 heterocycles. The summed E-state index contributed by atoms with van der Waals surface area (Å²) in [5.41, 5.74) is -0.0672. The maximum atomic E-state index is 12.7. The molecule has 0 spiro atoms. The second kappa shape index (κ2) is 14.9. The molecular weight excluding hydrogens is 572 g/mol. The Hall–Kier alpha value is -4.85. The molecule has 1 fully saturated rings. The van der Waals surface area contributed by atoms with E-state index in [0.29, 0.717) is 11.5 Å². The third-order valence-electron chi connectivity index (χ3n) is 5.90. The van der Waals surface area contributed by atoms with E-state index in [4.69, 9.17) is 37.9 Å². The molecule has 0 unspecified atom stereocenters. The molecule has 14 nitrogen and oxygen atoms in total. The Kier molecular flexibility index (Phi) is 11.3. The van der Waals surface area contributed by atoms with Gasteiger partial charge in [-0.25, -0.2) is 0 Å². The molecule has 0 saturated carbocycles. The van der Waals surface area contributed by atoms with Crippen LogP contribution in [0, 0.1) is 0 Å². The molecule has 0 aromatic heterocycles. The van der Waals surface area contributed by atoms with Crippen LogP contribution in [0.5, 0.6) is 23.0 Å². The Morgan fingerprint density at radius 1 is 0.744 bits per heavy atom. The minimum Gasteiger partial charge on any atom is -0.507 e. The molecule has 2 aromatic carbocycles. The number of aromatic hydroxyl groups is 1. The van der Waals surface area contributed by atoms with E-state index in [9.17, 15) is 29.1 Å². The minimum absolute atomic E-state index is 0.0361. The van der Waals surface area contributed by atoms with Crippen LogP contribution in [0.15, 0.2) is 42.5 Å². The molecule has 232 valence electrons. The number of carbonyl (C=O) groups excluding carboxylic acids is 5. The average Bonchev–Trinajstić information content (AvgIpc) is 2.93. The number of carbonyl (C=O) groups is 5. The monoisotopic (exact) mass is 604 g/mol. The summed E-state index contributed by atoms with van der Waals surface area (Å²) in [7, 11) is 1.52. The van der Waals surface area contributed by atoms with Crippen molar-refractivity contribution in [1.29, 1.82) is 0 Å². The number of methoxy groups -OCH3 is 1. The first kappa shape index (κ1) is 32.7. The van der Waals surface area contributed by atoms with Crippen LogP contribution < -0.4 is 14.2 Å². The summed E-state index contributed by atoms with van der Waals surface area (Å²) in [6.07, 6.45) is -7.00. The van der Waals surface area contributed by atoms with E-state index in [-0.39, 0.29) is 17.9 Å². The highest BCUT2D eigenvalue weighted by atomic mass is 16.7. The predicted octanol–water partition coefficient (Wildman–Crippen LogP) is 2.12. The van der Waals surface area contributed by atoms with Crippen LogP contribution in [0.4, 0.5) is 0 Å². The second-order valence-corrected chi connectivity index (χ2v) is 9.25. The zero-order chi connectivity index (χ0) is 31.7. The highest BCUT2D eigenvalue weighted by Crippen LogP contribution is 2.32. The number of phenolic OH excluding ortho intramolecular Hbond substituents is 1. The van der Waals surface area contributed by atoms with Crippen molar-refractivity contribution in [3.63, 3.8) is 0 Å². The van der Waals surface area contributed by atoms with E-state index >= 15 is 0 Å². The Labute approximate surface area is 246 Å². The van der Waals surface area contributed by atoms with Gasteiger partial charge >= 0.3 is 23.9 Å². The van der Waals surface area contributed by atoms with Crippen molar-refractivity contribution >= 4 is 29.7 Å². The standard InChI is InChI=1S/C29H32O14/c1-15(30)37-14-25-26(39-16(2)31)27(40-17(3)32)28(41-18(4)33)29(43-25)42-21-10-11-22(23(34)12-21)24(35)13-38-20-8-6-19(36-5)7-9-20/h6-12,25-29,34H,13-14H2,1-5H3/t25-,26-,27-,28+,29-/m1/s1. The second-order valence-electron chi connectivity index (χ2n) is 9.25. The summed E-state index contributed by atoms with van der Waals surface area (Å²) < 4.78 is 43.4. The van der Waals surface area contributed by atoms with E-state index in [1.54, 1.807) is 24.3 Å². The quantitative estimate of drug-likeness (QED) is 0.211. The first-order chi connectivity index (χ1) is 20.4. The number of hydrogen-bond acceptors (Lipinski definition) is 14. The Bertz CT molecular complexity index is 1320. The van der Waals surface area contributed by atoms with Gasteiger partial charge in [0, 0.05) is 33.8 Å². The van der Waals surface area contributed by atoms with Crippen molar-refractivity contribution < 1.29 is 67.0 Å². The van der Waals surface area contributed by atoms with Gasteiger partial charge in [-0.3, -0.25) is 24.0 Å². The fourth-order valence-corrected chi connectivity index (χ4v) is 4.14. The van der Waals surface area contributed by atoms with Crippen molar-refractivity contribution in [3.05, 3.63) is 48.0 Å². The largest absolute Gasteiger partial charge is 0.507 e. The molecular formula is C29H32O14. The number of ether oxygens (including phenoxy) is 8. The molecule has 0 bridgehead atoms. The molecule has 1 saturated heterocycles. The third-order valence-corrected chi connectivity index (χ3v) is 5.90. The number of esters is 4. The van der Waals surface area contributed by atoms with Crippen molar-refractivity contribution in [2.75, 3.05) is 20.3 Å². The molecule has 43 heavy (non-hydrogen) atoms. The summed E-state index contributed by atoms with van der Waals surface area (Å²) in [4.78, 5) is 60.0. The van der Waals surface area contributed by atoms with Crippen LogP contribution in [0.3, 0.4) is 0 Å². The van der Waals surface area contributed by atoms with Gasteiger partial charge in [0.1, 0.15) is 35.7 Å². The number of ketones is 1. The molecule has 1 aliphatic heterocycles. The summed E-state index contributed by atoms with van der Waals surface area (Å²) >= 11 is 0. The van der Waals surface area contributed by atoms with Crippen LogP contribution in [0.2, 0.25) is 0 Å². The molecule has 0 aliphatic carbocycles. The fraction of sp³-hybridized carbons (Fsp3) is 0.414. The maximum absolute atomic E-state index is 12.7. The van der Waals surface area contributed by atoms with E-state index in [0.717, 1.165) is 33.8 Å². The van der Waals surface area contributed by atoms with Crippen LogP contribution in [0.1, 0.15) is 38.1 Å². The summed E-state index contributed by atoms with van der Waals surface area (Å²) in [5, 5.41) is 10.6. The van der Waals surface area contributed by atoms with Crippen molar-refractivity contribution in [2.24, 2.45) is 0 Å². The lowest BCUT2D eigenvalue weighted by Gasteiger charge is -2.43. The van der Waals surface area contributed by atoms with Crippen molar-refractivity contribution in [3.8, 4) is 23.0 Å². The first-order valence-corrected chi connectivity index (χ1v) is 13.0. The van der Waals surface area contributed by atoms with Crippen LogP contribution in [-0.2, 0) is 42.9 Å². The molecule has 0 amide bonds. The summed E-state index contributed by atoms with van der Waals surface area (Å²) in [6.45, 7) is 3.62. The summed E-state index contributed by atoms with van der Waals surface area (Å²) in [6, 6.07) is 10.3. The Morgan fingerprint density at radius 2 is 1.30 bits per heavy atom. The lowest BCUT2D eigenvalue weighted by molar-refractivity contribution is -0.288. The number of hydrogen-bond donors (Lipinski definition) is 1. The molecule has 5 atom stereocenters. The summed E-state index contributed by atoms with van der Waals surface area (Å²) in [5.74, 6) is -3.05. The van der Waals surface area contributed by atoms with Crippen LogP contribution in [0.25, 0.3) is 0 Å². The fourth-order valence-electron chi connectivity index (χ4n) is 4.14. The molecule has 0 radical (unpaired) electrons. The van der Waals surface area contributed by atoms with Gasteiger partial charge in [-0.15, -0.1) is 0 Å². The highest BCUT2D eigenvalue weighted by Gasteiger charge is 2.53. The van der Waals surface area contributed by atoms with Crippen LogP contribution in [-0.4, -0.2) is 85.8 Å². The molecule has 2 aromatic rings. The lowest BCUT2D eigenvalue weighted by Crippen LogP contribution is -2.63. The van der Waals surface area contributed by atoms with Gasteiger partial charge < -0.3 is 43.0 Å².